The lowest BCUT2D eigenvalue weighted by Crippen LogP contribution is -2.44. The second-order valence-electron chi connectivity index (χ2n) is 4.80. The maximum atomic E-state index is 13.3. The fraction of sp³-hybridized carbons (Fsp3) is 0.500. The lowest BCUT2D eigenvalue weighted by Gasteiger charge is -2.32. The van der Waals surface area contributed by atoms with Crippen molar-refractivity contribution in [1.29, 1.82) is 0 Å². The van der Waals surface area contributed by atoms with Gasteiger partial charge in [0.1, 0.15) is 5.82 Å². The topological polar surface area (TPSA) is 75.4 Å². The standard InChI is InChI=1S/C12H18FN3O2S/c1-9-4-2-3-7-16(9)19(17,18)15-10-5-6-12(14)11(13)8-10/h5-6,8-9,15H,2-4,7,14H2,1H3. The van der Waals surface area contributed by atoms with E-state index in [0.717, 1.165) is 25.3 Å². The van der Waals surface area contributed by atoms with Crippen molar-refractivity contribution in [2.75, 3.05) is 17.0 Å². The lowest BCUT2D eigenvalue weighted by atomic mass is 10.1. The van der Waals surface area contributed by atoms with Crippen LogP contribution in [0.15, 0.2) is 18.2 Å². The van der Waals surface area contributed by atoms with Crippen LogP contribution in [-0.2, 0) is 10.2 Å². The zero-order valence-corrected chi connectivity index (χ0v) is 11.6. The number of benzene rings is 1. The molecular formula is C12H18FN3O2S. The Hall–Kier alpha value is -1.34. The molecule has 1 aromatic rings. The van der Waals surface area contributed by atoms with Crippen molar-refractivity contribution >= 4 is 21.6 Å². The van der Waals surface area contributed by atoms with Gasteiger partial charge < -0.3 is 5.73 Å². The van der Waals surface area contributed by atoms with Crippen LogP contribution in [0.1, 0.15) is 26.2 Å². The van der Waals surface area contributed by atoms with Gasteiger partial charge in [-0.15, -0.1) is 0 Å². The van der Waals surface area contributed by atoms with Crippen LogP contribution in [0.2, 0.25) is 0 Å². The maximum Gasteiger partial charge on any atom is 0.301 e. The highest BCUT2D eigenvalue weighted by atomic mass is 32.2. The molecule has 0 radical (unpaired) electrons. The van der Waals surface area contributed by atoms with Crippen LogP contribution < -0.4 is 10.5 Å². The molecule has 19 heavy (non-hydrogen) atoms. The zero-order chi connectivity index (χ0) is 14.0. The van der Waals surface area contributed by atoms with Crippen molar-refractivity contribution in [3.63, 3.8) is 0 Å². The molecule has 7 heteroatoms. The maximum absolute atomic E-state index is 13.3. The molecule has 0 saturated carbocycles. The molecule has 0 aromatic heterocycles. The Bertz CT molecular complexity index is 562. The number of piperidine rings is 1. The Morgan fingerprint density at radius 3 is 2.79 bits per heavy atom. The fourth-order valence-corrected chi connectivity index (χ4v) is 3.72. The Morgan fingerprint density at radius 1 is 1.42 bits per heavy atom. The number of nitrogens with zero attached hydrogens (tertiary/aromatic N) is 1. The molecule has 1 atom stereocenters. The average molecular weight is 287 g/mol. The molecule has 0 amide bonds. The first-order valence-corrected chi connectivity index (χ1v) is 7.69. The van der Waals surface area contributed by atoms with E-state index in [-0.39, 0.29) is 17.4 Å². The summed E-state index contributed by atoms with van der Waals surface area (Å²) in [6, 6.07) is 3.84. The molecule has 1 unspecified atom stereocenters. The summed E-state index contributed by atoms with van der Waals surface area (Å²) in [5.41, 5.74) is 5.53. The summed E-state index contributed by atoms with van der Waals surface area (Å²) >= 11 is 0. The van der Waals surface area contributed by atoms with E-state index in [1.54, 1.807) is 0 Å². The molecule has 3 N–H and O–H groups in total. The largest absolute Gasteiger partial charge is 0.396 e. The van der Waals surface area contributed by atoms with E-state index in [4.69, 9.17) is 5.73 Å². The number of hydrogen-bond acceptors (Lipinski definition) is 3. The summed E-state index contributed by atoms with van der Waals surface area (Å²) in [7, 11) is -3.64. The van der Waals surface area contributed by atoms with Crippen LogP contribution in [0.3, 0.4) is 0 Å². The van der Waals surface area contributed by atoms with Gasteiger partial charge in [0.2, 0.25) is 0 Å². The molecule has 0 spiro atoms. The van der Waals surface area contributed by atoms with Crippen molar-refractivity contribution in [3.05, 3.63) is 24.0 Å². The Labute approximate surface area is 112 Å². The molecule has 1 aliphatic heterocycles. The van der Waals surface area contributed by atoms with E-state index in [1.807, 2.05) is 6.92 Å². The normalized spacial score (nSPS) is 21.3. The molecule has 1 aliphatic rings. The summed E-state index contributed by atoms with van der Waals surface area (Å²) in [6.45, 7) is 2.37. The number of nitrogens with one attached hydrogen (secondary N) is 1. The first-order valence-electron chi connectivity index (χ1n) is 6.25. The molecule has 0 bridgehead atoms. The molecule has 1 heterocycles. The summed E-state index contributed by atoms with van der Waals surface area (Å²) in [6.07, 6.45) is 2.72. The smallest absolute Gasteiger partial charge is 0.301 e. The number of anilines is 2. The first-order chi connectivity index (χ1) is 8.90. The Kier molecular flexibility index (Phi) is 3.96. The molecule has 1 aromatic carbocycles. The van der Waals surface area contributed by atoms with E-state index < -0.39 is 16.0 Å². The van der Waals surface area contributed by atoms with Gasteiger partial charge in [0.25, 0.3) is 0 Å². The van der Waals surface area contributed by atoms with E-state index in [2.05, 4.69) is 4.72 Å². The third kappa shape index (κ3) is 3.16. The van der Waals surface area contributed by atoms with Crippen LogP contribution in [-0.4, -0.2) is 25.3 Å². The van der Waals surface area contributed by atoms with Gasteiger partial charge in [0, 0.05) is 18.7 Å². The predicted octanol–water partition coefficient (Wildman–Crippen LogP) is 1.94. The molecule has 0 aliphatic carbocycles. The summed E-state index contributed by atoms with van der Waals surface area (Å²) < 4.78 is 41.6. The Morgan fingerprint density at radius 2 is 2.16 bits per heavy atom. The number of nitrogens with two attached hydrogens (primary N) is 1. The third-order valence-corrected chi connectivity index (χ3v) is 4.95. The number of hydrogen-bond donors (Lipinski definition) is 2. The highest BCUT2D eigenvalue weighted by Gasteiger charge is 2.29. The molecule has 106 valence electrons. The van der Waals surface area contributed by atoms with Crippen LogP contribution in [0.5, 0.6) is 0 Å². The minimum atomic E-state index is -3.64. The quantitative estimate of drug-likeness (QED) is 0.834. The Balaban J connectivity index is 2.18. The molecule has 1 fully saturated rings. The van der Waals surface area contributed by atoms with E-state index in [1.165, 1.54) is 16.4 Å². The molecular weight excluding hydrogens is 269 g/mol. The number of halogens is 1. The predicted molar refractivity (Wildman–Crippen MR) is 73.4 cm³/mol. The van der Waals surface area contributed by atoms with Crippen molar-refractivity contribution < 1.29 is 12.8 Å². The second kappa shape index (κ2) is 5.34. The van der Waals surface area contributed by atoms with Gasteiger partial charge in [-0.25, -0.2) is 4.39 Å². The highest BCUT2D eigenvalue weighted by Crippen LogP contribution is 2.23. The monoisotopic (exact) mass is 287 g/mol. The number of nitrogen functional groups attached to an aromatic ring is 1. The van der Waals surface area contributed by atoms with Gasteiger partial charge in [-0.3, -0.25) is 4.72 Å². The first kappa shape index (κ1) is 14.1. The van der Waals surface area contributed by atoms with Crippen molar-refractivity contribution in [2.45, 2.75) is 32.2 Å². The van der Waals surface area contributed by atoms with Crippen LogP contribution in [0, 0.1) is 5.82 Å². The SMILES string of the molecule is CC1CCCCN1S(=O)(=O)Nc1ccc(N)c(F)c1. The minimum absolute atomic E-state index is 0.00529. The van der Waals surface area contributed by atoms with Crippen molar-refractivity contribution in [2.24, 2.45) is 0 Å². The molecule has 2 rings (SSSR count). The molecule has 1 saturated heterocycles. The summed E-state index contributed by atoms with van der Waals surface area (Å²) in [5, 5.41) is 0. The van der Waals surface area contributed by atoms with Crippen molar-refractivity contribution in [3.8, 4) is 0 Å². The fourth-order valence-electron chi connectivity index (χ4n) is 2.23. The van der Waals surface area contributed by atoms with Crippen LogP contribution in [0.25, 0.3) is 0 Å². The summed E-state index contributed by atoms with van der Waals surface area (Å²) in [4.78, 5) is 0. The lowest BCUT2D eigenvalue weighted by molar-refractivity contribution is 0.270. The van der Waals surface area contributed by atoms with Gasteiger partial charge in [-0.05, 0) is 31.9 Å². The van der Waals surface area contributed by atoms with Gasteiger partial charge in [-0.2, -0.15) is 12.7 Å². The van der Waals surface area contributed by atoms with Gasteiger partial charge in [0.15, 0.2) is 0 Å². The number of rotatable bonds is 3. The van der Waals surface area contributed by atoms with E-state index in [0.29, 0.717) is 6.54 Å². The zero-order valence-electron chi connectivity index (χ0n) is 10.8. The van der Waals surface area contributed by atoms with Gasteiger partial charge in [0.05, 0.1) is 11.4 Å². The minimum Gasteiger partial charge on any atom is -0.396 e. The van der Waals surface area contributed by atoms with E-state index in [9.17, 15) is 12.8 Å². The van der Waals surface area contributed by atoms with Gasteiger partial charge >= 0.3 is 10.2 Å². The highest BCUT2D eigenvalue weighted by molar-refractivity contribution is 7.90. The summed E-state index contributed by atoms with van der Waals surface area (Å²) in [5.74, 6) is -0.633. The average Bonchev–Trinajstić information content (AvgIpc) is 2.34. The van der Waals surface area contributed by atoms with Crippen LogP contribution in [0.4, 0.5) is 15.8 Å². The van der Waals surface area contributed by atoms with Crippen LogP contribution >= 0.6 is 0 Å². The molecule has 5 nitrogen and oxygen atoms in total. The van der Waals surface area contributed by atoms with Crippen molar-refractivity contribution in [1.82, 2.24) is 4.31 Å². The second-order valence-corrected chi connectivity index (χ2v) is 6.42. The van der Waals surface area contributed by atoms with E-state index >= 15 is 0 Å². The van der Waals surface area contributed by atoms with Gasteiger partial charge in [-0.1, -0.05) is 6.42 Å². The third-order valence-electron chi connectivity index (χ3n) is 3.30.